The molecule has 7 heteroatoms. The van der Waals surface area contributed by atoms with Crippen LogP contribution in [0.2, 0.25) is 0 Å². The van der Waals surface area contributed by atoms with Crippen molar-refractivity contribution >= 4 is 38.9 Å². The van der Waals surface area contributed by atoms with Crippen LogP contribution in [0.4, 0.5) is 5.69 Å². The molecule has 0 bridgehead atoms. The van der Waals surface area contributed by atoms with Crippen molar-refractivity contribution in [3.63, 3.8) is 0 Å². The Hall–Kier alpha value is -2.93. The highest BCUT2D eigenvalue weighted by atomic mass is 32.1. The molecule has 0 unspecified atom stereocenters. The van der Waals surface area contributed by atoms with Gasteiger partial charge in [-0.3, -0.25) is 14.6 Å². The summed E-state index contributed by atoms with van der Waals surface area (Å²) in [5, 5.41) is 3.15. The summed E-state index contributed by atoms with van der Waals surface area (Å²) < 4.78 is 6.44. The maximum absolute atomic E-state index is 13.2. The molecule has 1 atom stereocenters. The van der Waals surface area contributed by atoms with Crippen molar-refractivity contribution in [1.82, 2.24) is 10.3 Å². The molecule has 0 fully saturated rings. The fourth-order valence-corrected chi connectivity index (χ4v) is 4.84. The smallest absolute Gasteiger partial charge is 0.264 e. The van der Waals surface area contributed by atoms with Gasteiger partial charge < -0.3 is 15.0 Å². The van der Waals surface area contributed by atoms with Crippen molar-refractivity contribution in [2.75, 3.05) is 25.6 Å². The molecule has 0 saturated heterocycles. The molecule has 3 heterocycles. The number of ether oxygens (including phenoxy) is 1. The molecule has 3 aromatic rings. The number of Topliss-reactive ketones (excluding diaryl/α,β-unsaturated/α-hetero) is 1. The van der Waals surface area contributed by atoms with Gasteiger partial charge in [0.25, 0.3) is 5.91 Å². The highest BCUT2D eigenvalue weighted by Crippen LogP contribution is 2.39. The standard InChI is InChI=1S/C21H21N3O3S/c1-12(25)13-8-10-22-17-18(24(2)3)20(28-19(13)17)21(26)23-15-9-11-27-16-7-5-4-6-14(15)16/h4-8,10,15H,9,11H2,1-3H3,(H,23,26)/t15-/m0/s1. The Morgan fingerprint density at radius 1 is 1.25 bits per heavy atom. The number of aromatic nitrogens is 1. The first-order valence-electron chi connectivity index (χ1n) is 9.09. The van der Waals surface area contributed by atoms with Gasteiger partial charge in [-0.15, -0.1) is 11.3 Å². The van der Waals surface area contributed by atoms with E-state index in [4.69, 9.17) is 4.74 Å². The molecule has 1 aliphatic rings. The Labute approximate surface area is 167 Å². The normalized spacial score (nSPS) is 15.6. The fourth-order valence-electron chi connectivity index (χ4n) is 3.54. The largest absolute Gasteiger partial charge is 0.493 e. The second kappa shape index (κ2) is 7.24. The molecule has 0 radical (unpaired) electrons. The van der Waals surface area contributed by atoms with E-state index >= 15 is 0 Å². The Morgan fingerprint density at radius 2 is 2.04 bits per heavy atom. The van der Waals surface area contributed by atoms with Crippen LogP contribution in [0.15, 0.2) is 36.5 Å². The third-order valence-electron chi connectivity index (χ3n) is 4.84. The molecule has 144 valence electrons. The summed E-state index contributed by atoms with van der Waals surface area (Å²) in [7, 11) is 3.76. The lowest BCUT2D eigenvalue weighted by Crippen LogP contribution is -2.32. The monoisotopic (exact) mass is 395 g/mol. The van der Waals surface area contributed by atoms with Gasteiger partial charge in [-0.1, -0.05) is 18.2 Å². The molecule has 1 amide bonds. The van der Waals surface area contributed by atoms with Crippen molar-refractivity contribution in [2.45, 2.75) is 19.4 Å². The van der Waals surface area contributed by atoms with Crippen LogP contribution in [0.25, 0.3) is 10.2 Å². The summed E-state index contributed by atoms with van der Waals surface area (Å²) in [5.74, 6) is 0.607. The van der Waals surface area contributed by atoms with Gasteiger partial charge in [0.05, 0.1) is 23.0 Å². The number of nitrogens with zero attached hydrogens (tertiary/aromatic N) is 2. The molecule has 2 aromatic heterocycles. The molecule has 0 aliphatic carbocycles. The molecule has 4 rings (SSSR count). The number of hydrogen-bond acceptors (Lipinski definition) is 6. The van der Waals surface area contributed by atoms with Crippen LogP contribution in [-0.2, 0) is 0 Å². The van der Waals surface area contributed by atoms with Crippen LogP contribution in [0.3, 0.4) is 0 Å². The van der Waals surface area contributed by atoms with Crippen molar-refractivity contribution in [3.05, 3.63) is 52.5 Å². The van der Waals surface area contributed by atoms with E-state index in [9.17, 15) is 9.59 Å². The minimum absolute atomic E-state index is 0.0377. The molecule has 1 N–H and O–H groups in total. The number of fused-ring (bicyclic) bond motifs is 2. The van der Waals surface area contributed by atoms with E-state index < -0.39 is 0 Å². The topological polar surface area (TPSA) is 71.5 Å². The van der Waals surface area contributed by atoms with Gasteiger partial charge in [0.15, 0.2) is 5.78 Å². The first-order valence-corrected chi connectivity index (χ1v) is 9.91. The lowest BCUT2D eigenvalue weighted by Gasteiger charge is -2.26. The van der Waals surface area contributed by atoms with Crippen LogP contribution < -0.4 is 15.0 Å². The second-order valence-corrected chi connectivity index (χ2v) is 7.99. The zero-order valence-electron chi connectivity index (χ0n) is 16.0. The minimum Gasteiger partial charge on any atom is -0.493 e. The van der Waals surface area contributed by atoms with E-state index in [-0.39, 0.29) is 17.7 Å². The van der Waals surface area contributed by atoms with Crippen LogP contribution >= 0.6 is 11.3 Å². The lowest BCUT2D eigenvalue weighted by atomic mass is 10.0. The number of amides is 1. The number of anilines is 1. The lowest BCUT2D eigenvalue weighted by molar-refractivity contribution is 0.0928. The Kier molecular flexibility index (Phi) is 4.77. The third kappa shape index (κ3) is 3.11. The summed E-state index contributed by atoms with van der Waals surface area (Å²) in [6, 6.07) is 9.36. The Balaban J connectivity index is 1.75. The van der Waals surface area contributed by atoms with E-state index in [1.807, 2.05) is 43.3 Å². The number of carbonyl (C=O) groups excluding carboxylic acids is 2. The number of rotatable bonds is 4. The molecule has 1 aromatic carbocycles. The summed E-state index contributed by atoms with van der Waals surface area (Å²) >= 11 is 1.32. The van der Waals surface area contributed by atoms with E-state index in [2.05, 4.69) is 10.3 Å². The highest BCUT2D eigenvalue weighted by molar-refractivity contribution is 7.22. The average molecular weight is 395 g/mol. The maximum Gasteiger partial charge on any atom is 0.264 e. The number of hydrogen-bond donors (Lipinski definition) is 1. The van der Waals surface area contributed by atoms with Crippen LogP contribution in [0.1, 0.15) is 45.0 Å². The van der Waals surface area contributed by atoms with Crippen LogP contribution in [0, 0.1) is 0 Å². The van der Waals surface area contributed by atoms with E-state index in [1.165, 1.54) is 18.3 Å². The number of nitrogens with one attached hydrogen (secondary N) is 1. The number of para-hydroxylation sites is 1. The van der Waals surface area contributed by atoms with E-state index in [1.54, 1.807) is 12.3 Å². The van der Waals surface area contributed by atoms with Crippen molar-refractivity contribution in [2.24, 2.45) is 0 Å². The van der Waals surface area contributed by atoms with Gasteiger partial charge in [-0.05, 0) is 19.1 Å². The SMILES string of the molecule is CC(=O)c1ccnc2c(N(C)C)c(C(=O)N[C@H]3CCOc4ccccc43)sc12. The van der Waals surface area contributed by atoms with Gasteiger partial charge in [-0.2, -0.15) is 0 Å². The van der Waals surface area contributed by atoms with Crippen LogP contribution in [-0.4, -0.2) is 37.4 Å². The van der Waals surface area contributed by atoms with Gasteiger partial charge in [0.2, 0.25) is 0 Å². The molecule has 6 nitrogen and oxygen atoms in total. The van der Waals surface area contributed by atoms with Gasteiger partial charge in [0, 0.05) is 37.8 Å². The molecule has 28 heavy (non-hydrogen) atoms. The van der Waals surface area contributed by atoms with Gasteiger partial charge >= 0.3 is 0 Å². The fraction of sp³-hybridized carbons (Fsp3) is 0.286. The zero-order valence-corrected chi connectivity index (χ0v) is 16.8. The molecule has 0 spiro atoms. The highest BCUT2D eigenvalue weighted by Gasteiger charge is 2.27. The molecule has 0 saturated carbocycles. The van der Waals surface area contributed by atoms with Crippen molar-refractivity contribution < 1.29 is 14.3 Å². The number of pyridine rings is 1. The minimum atomic E-state index is -0.164. The van der Waals surface area contributed by atoms with Gasteiger partial charge in [0.1, 0.15) is 16.1 Å². The first kappa shape index (κ1) is 18.4. The Bertz CT molecular complexity index is 1070. The summed E-state index contributed by atoms with van der Waals surface area (Å²) in [6.07, 6.45) is 2.33. The van der Waals surface area contributed by atoms with E-state index in [0.717, 1.165) is 21.7 Å². The average Bonchev–Trinajstić information content (AvgIpc) is 3.08. The van der Waals surface area contributed by atoms with Crippen molar-refractivity contribution in [1.29, 1.82) is 0 Å². The van der Waals surface area contributed by atoms with E-state index in [0.29, 0.717) is 29.0 Å². The number of ketones is 1. The Morgan fingerprint density at radius 3 is 2.79 bits per heavy atom. The number of thiophene rings is 1. The molecular weight excluding hydrogens is 374 g/mol. The quantitative estimate of drug-likeness (QED) is 0.680. The zero-order chi connectivity index (χ0) is 19.8. The third-order valence-corrected chi connectivity index (χ3v) is 6.04. The first-order chi connectivity index (χ1) is 13.5. The summed E-state index contributed by atoms with van der Waals surface area (Å²) in [5.41, 5.74) is 2.99. The molecular formula is C21H21N3O3S. The summed E-state index contributed by atoms with van der Waals surface area (Å²) in [4.78, 5) is 32.1. The number of carbonyl (C=O) groups is 2. The molecule has 1 aliphatic heterocycles. The summed E-state index contributed by atoms with van der Waals surface area (Å²) in [6.45, 7) is 2.09. The maximum atomic E-state index is 13.2. The predicted octanol–water partition coefficient (Wildman–Crippen LogP) is 3.82. The predicted molar refractivity (Wildman–Crippen MR) is 111 cm³/mol. The van der Waals surface area contributed by atoms with Gasteiger partial charge in [-0.25, -0.2) is 0 Å². The van der Waals surface area contributed by atoms with Crippen molar-refractivity contribution in [3.8, 4) is 5.75 Å². The number of benzene rings is 1. The second-order valence-electron chi connectivity index (χ2n) is 6.97. The van der Waals surface area contributed by atoms with Crippen LogP contribution in [0.5, 0.6) is 5.75 Å².